The van der Waals surface area contributed by atoms with Gasteiger partial charge in [0.25, 0.3) is 12.1 Å². The Morgan fingerprint density at radius 3 is 2.67 bits per heavy atom. The zero-order valence-corrected chi connectivity index (χ0v) is 11.7. The number of benzene rings is 1. The monoisotopic (exact) mass is 304 g/mol. The Morgan fingerprint density at radius 1 is 1.43 bits per heavy atom. The number of rotatable bonds is 9. The van der Waals surface area contributed by atoms with Crippen LogP contribution < -0.4 is 9.64 Å². The van der Waals surface area contributed by atoms with Crippen molar-refractivity contribution in [2.75, 3.05) is 31.2 Å². The van der Waals surface area contributed by atoms with Crippen molar-refractivity contribution < 1.29 is 23.5 Å². The predicted molar refractivity (Wildman–Crippen MR) is 74.2 cm³/mol. The molecule has 0 aliphatic carbocycles. The summed E-state index contributed by atoms with van der Waals surface area (Å²) >= 11 is 0. The standard InChI is InChI=1S/C13H18F2N2O4/c1-2-5-21-12-7-10(6-11(8-12)17(19)20)16(3-4-18)9-13(14)15/h6-8,13,18H,2-5,9H2,1H3. The van der Waals surface area contributed by atoms with Gasteiger partial charge in [0, 0.05) is 24.4 Å². The largest absolute Gasteiger partial charge is 0.493 e. The van der Waals surface area contributed by atoms with E-state index in [4.69, 9.17) is 9.84 Å². The summed E-state index contributed by atoms with van der Waals surface area (Å²) in [5.74, 6) is 0.248. The molecule has 0 heterocycles. The highest BCUT2D eigenvalue weighted by molar-refractivity contribution is 5.58. The fraction of sp³-hybridized carbons (Fsp3) is 0.538. The second-order valence-corrected chi connectivity index (χ2v) is 4.35. The molecule has 1 N–H and O–H groups in total. The average molecular weight is 304 g/mol. The number of nitro groups is 1. The van der Waals surface area contributed by atoms with Crippen molar-refractivity contribution in [1.82, 2.24) is 0 Å². The number of nitrogens with zero attached hydrogens (tertiary/aromatic N) is 2. The molecule has 0 atom stereocenters. The van der Waals surface area contributed by atoms with E-state index in [9.17, 15) is 18.9 Å². The number of nitro benzene ring substituents is 1. The lowest BCUT2D eigenvalue weighted by molar-refractivity contribution is -0.384. The molecule has 0 radical (unpaired) electrons. The zero-order chi connectivity index (χ0) is 15.8. The molecule has 0 saturated carbocycles. The van der Waals surface area contributed by atoms with Crippen LogP contribution in [0.1, 0.15) is 13.3 Å². The molecule has 21 heavy (non-hydrogen) atoms. The first-order valence-electron chi connectivity index (χ1n) is 6.54. The van der Waals surface area contributed by atoms with E-state index < -0.39 is 17.9 Å². The van der Waals surface area contributed by atoms with Gasteiger partial charge in [0.05, 0.1) is 30.7 Å². The van der Waals surface area contributed by atoms with Gasteiger partial charge in [-0.3, -0.25) is 10.1 Å². The van der Waals surface area contributed by atoms with Crippen LogP contribution in [0.5, 0.6) is 5.75 Å². The SMILES string of the molecule is CCCOc1cc(N(CCO)CC(F)F)cc([N+](=O)[O-])c1. The Kier molecular flexibility index (Phi) is 6.80. The first-order valence-corrected chi connectivity index (χ1v) is 6.54. The first kappa shape index (κ1) is 17.1. The normalized spacial score (nSPS) is 10.7. The molecule has 0 fully saturated rings. The van der Waals surface area contributed by atoms with Crippen molar-refractivity contribution in [2.24, 2.45) is 0 Å². The second kappa shape index (κ2) is 8.35. The fourth-order valence-electron chi connectivity index (χ4n) is 1.77. The second-order valence-electron chi connectivity index (χ2n) is 4.35. The third-order valence-corrected chi connectivity index (χ3v) is 2.65. The summed E-state index contributed by atoms with van der Waals surface area (Å²) in [6.45, 7) is 1.26. The Labute approximate surface area is 121 Å². The van der Waals surface area contributed by atoms with Gasteiger partial charge in [-0.15, -0.1) is 0 Å². The summed E-state index contributed by atoms with van der Waals surface area (Å²) in [5, 5.41) is 19.9. The van der Waals surface area contributed by atoms with Crippen molar-refractivity contribution in [3.05, 3.63) is 28.3 Å². The van der Waals surface area contributed by atoms with E-state index in [1.165, 1.54) is 23.1 Å². The van der Waals surface area contributed by atoms with Gasteiger partial charge in [-0.2, -0.15) is 0 Å². The number of non-ortho nitro benzene ring substituents is 1. The summed E-state index contributed by atoms with van der Waals surface area (Å²) in [4.78, 5) is 11.5. The molecule has 118 valence electrons. The Balaban J connectivity index is 3.11. The number of halogens is 2. The number of hydrogen-bond donors (Lipinski definition) is 1. The van der Waals surface area contributed by atoms with E-state index in [2.05, 4.69) is 0 Å². The van der Waals surface area contributed by atoms with E-state index in [-0.39, 0.29) is 30.3 Å². The smallest absolute Gasteiger partial charge is 0.275 e. The summed E-state index contributed by atoms with van der Waals surface area (Å²) in [5.41, 5.74) is -0.0135. The summed E-state index contributed by atoms with van der Waals surface area (Å²) in [7, 11) is 0. The van der Waals surface area contributed by atoms with Crippen LogP contribution >= 0.6 is 0 Å². The summed E-state index contributed by atoms with van der Waals surface area (Å²) in [6.07, 6.45) is -1.90. The third kappa shape index (κ3) is 5.50. The number of hydrogen-bond acceptors (Lipinski definition) is 5. The summed E-state index contributed by atoms with van der Waals surface area (Å²) in [6, 6.07) is 3.90. The molecule has 0 amide bonds. The van der Waals surface area contributed by atoms with Crippen LogP contribution in [0, 0.1) is 10.1 Å². The molecule has 1 aromatic carbocycles. The highest BCUT2D eigenvalue weighted by Crippen LogP contribution is 2.29. The number of alkyl halides is 2. The highest BCUT2D eigenvalue weighted by Gasteiger charge is 2.17. The summed E-state index contributed by atoms with van der Waals surface area (Å²) < 4.78 is 30.5. The van der Waals surface area contributed by atoms with Crippen molar-refractivity contribution in [1.29, 1.82) is 0 Å². The van der Waals surface area contributed by atoms with Gasteiger partial charge in [0.15, 0.2) is 0 Å². The minimum atomic E-state index is -2.61. The molecule has 8 heteroatoms. The number of aliphatic hydroxyl groups is 1. The topological polar surface area (TPSA) is 75.8 Å². The van der Waals surface area contributed by atoms with Gasteiger partial charge in [0.2, 0.25) is 0 Å². The number of ether oxygens (including phenoxy) is 1. The van der Waals surface area contributed by atoms with Crippen molar-refractivity contribution in [2.45, 2.75) is 19.8 Å². The molecule has 6 nitrogen and oxygen atoms in total. The van der Waals surface area contributed by atoms with Gasteiger partial charge in [0.1, 0.15) is 5.75 Å². The van der Waals surface area contributed by atoms with Crippen molar-refractivity contribution in [3.63, 3.8) is 0 Å². The lowest BCUT2D eigenvalue weighted by Crippen LogP contribution is -2.31. The fourth-order valence-corrected chi connectivity index (χ4v) is 1.77. The van der Waals surface area contributed by atoms with Gasteiger partial charge in [-0.1, -0.05) is 6.92 Å². The van der Waals surface area contributed by atoms with E-state index in [0.717, 1.165) is 6.42 Å². The zero-order valence-electron chi connectivity index (χ0n) is 11.7. The highest BCUT2D eigenvalue weighted by atomic mass is 19.3. The molecule has 0 saturated heterocycles. The number of anilines is 1. The van der Waals surface area contributed by atoms with E-state index >= 15 is 0 Å². The lowest BCUT2D eigenvalue weighted by atomic mass is 10.2. The molecular weight excluding hydrogens is 286 g/mol. The Bertz CT molecular complexity index is 471. The van der Waals surface area contributed by atoms with E-state index in [1.54, 1.807) is 0 Å². The van der Waals surface area contributed by atoms with Crippen molar-refractivity contribution in [3.8, 4) is 5.75 Å². The first-order chi connectivity index (χ1) is 9.97. The number of aliphatic hydroxyl groups excluding tert-OH is 1. The van der Waals surface area contributed by atoms with Crippen LogP contribution in [0.15, 0.2) is 18.2 Å². The molecule has 0 aliphatic rings. The van der Waals surface area contributed by atoms with Crippen LogP contribution in [-0.4, -0.2) is 42.8 Å². The molecule has 1 aromatic rings. The Morgan fingerprint density at radius 2 is 2.14 bits per heavy atom. The third-order valence-electron chi connectivity index (χ3n) is 2.65. The molecule has 0 aliphatic heterocycles. The molecule has 0 aromatic heterocycles. The maximum atomic E-state index is 12.6. The van der Waals surface area contributed by atoms with Crippen molar-refractivity contribution >= 4 is 11.4 Å². The maximum absolute atomic E-state index is 12.6. The quantitative estimate of drug-likeness (QED) is 0.560. The van der Waals surface area contributed by atoms with Gasteiger partial charge in [-0.05, 0) is 6.42 Å². The molecule has 0 bridgehead atoms. The maximum Gasteiger partial charge on any atom is 0.275 e. The van der Waals surface area contributed by atoms with Crippen LogP contribution in [0.4, 0.5) is 20.2 Å². The molecule has 1 rings (SSSR count). The molecule has 0 unspecified atom stereocenters. The predicted octanol–water partition coefficient (Wildman–Crippen LogP) is 2.45. The minimum absolute atomic E-state index is 0.0429. The van der Waals surface area contributed by atoms with Crippen LogP contribution in [0.2, 0.25) is 0 Å². The van der Waals surface area contributed by atoms with Gasteiger partial charge < -0.3 is 14.7 Å². The van der Waals surface area contributed by atoms with Gasteiger partial charge in [-0.25, -0.2) is 8.78 Å². The van der Waals surface area contributed by atoms with Crippen LogP contribution in [0.25, 0.3) is 0 Å². The molecule has 0 spiro atoms. The minimum Gasteiger partial charge on any atom is -0.493 e. The average Bonchev–Trinajstić information content (AvgIpc) is 2.43. The van der Waals surface area contributed by atoms with Gasteiger partial charge >= 0.3 is 0 Å². The van der Waals surface area contributed by atoms with E-state index in [1.807, 2.05) is 6.92 Å². The Hall–Kier alpha value is -1.96. The molecular formula is C13H18F2N2O4. The van der Waals surface area contributed by atoms with Crippen LogP contribution in [-0.2, 0) is 0 Å². The van der Waals surface area contributed by atoms with Crippen LogP contribution in [0.3, 0.4) is 0 Å². The van der Waals surface area contributed by atoms with E-state index in [0.29, 0.717) is 6.61 Å². The lowest BCUT2D eigenvalue weighted by Gasteiger charge is -2.23.